The van der Waals surface area contributed by atoms with E-state index in [1.165, 1.54) is 0 Å². The molecular formula is C39H44BNO5. The third-order valence-corrected chi connectivity index (χ3v) is 8.90. The third kappa shape index (κ3) is 6.33. The van der Waals surface area contributed by atoms with Gasteiger partial charge in [-0.15, -0.1) is 0 Å². The van der Waals surface area contributed by atoms with Crippen molar-refractivity contribution >= 4 is 13.0 Å². The van der Waals surface area contributed by atoms with Crippen LogP contribution in [0.1, 0.15) is 42.5 Å². The number of carbonyl (C=O) groups excluding carboxylic acids is 1. The molecule has 5 rings (SSSR count). The van der Waals surface area contributed by atoms with Gasteiger partial charge in [0.25, 0.3) is 0 Å². The number of hydrogen-bond acceptors (Lipinski definition) is 5. The molecule has 0 N–H and O–H groups in total. The molecule has 1 aliphatic rings. The normalized spacial score (nSPS) is 17.4. The van der Waals surface area contributed by atoms with Crippen LogP contribution in [0.15, 0.2) is 133 Å². The Bertz CT molecular complexity index is 1400. The monoisotopic (exact) mass is 617 g/mol. The zero-order chi connectivity index (χ0) is 32.7. The van der Waals surface area contributed by atoms with Gasteiger partial charge in [0.1, 0.15) is 23.4 Å². The number of nitrogens with zero attached hydrogens (tertiary/aromatic N) is 1. The average molecular weight is 618 g/mol. The lowest BCUT2D eigenvalue weighted by atomic mass is 9.69. The molecule has 0 radical (unpaired) electrons. The number of methoxy groups -OCH3 is 2. The summed E-state index contributed by atoms with van der Waals surface area (Å²) in [7, 11) is 6.20. The Balaban J connectivity index is 1.81. The Morgan fingerprint density at radius 2 is 1.02 bits per heavy atom. The lowest BCUT2D eigenvalue weighted by Crippen LogP contribution is -2.56. The Hall–Kier alpha value is -4.01. The molecule has 4 aromatic carbocycles. The molecule has 46 heavy (non-hydrogen) atoms. The summed E-state index contributed by atoms with van der Waals surface area (Å²) in [6.45, 7) is 4.05. The fraction of sp³-hybridized carbons (Fsp3) is 0.308. The van der Waals surface area contributed by atoms with Gasteiger partial charge in [0.05, 0.1) is 0 Å². The van der Waals surface area contributed by atoms with Crippen LogP contribution in [0.4, 0.5) is 0 Å². The number of rotatable bonds is 12. The van der Waals surface area contributed by atoms with Crippen molar-refractivity contribution < 1.29 is 23.6 Å². The van der Waals surface area contributed by atoms with Gasteiger partial charge in [-0.1, -0.05) is 133 Å². The SMILES string of the molecule is COC(c1ccccc1)(c1ccccc1)[C@@H]1OB([C@@H](C=C(C)C)CC(=O)N(C)C)O[C@H]1C(OC)(c1ccccc1)c1ccccc1. The predicted molar refractivity (Wildman–Crippen MR) is 183 cm³/mol. The van der Waals surface area contributed by atoms with Gasteiger partial charge in [-0.2, -0.15) is 0 Å². The van der Waals surface area contributed by atoms with E-state index in [1.807, 2.05) is 86.6 Å². The second-order valence-electron chi connectivity index (χ2n) is 12.2. The number of amides is 1. The summed E-state index contributed by atoms with van der Waals surface area (Å²) in [5, 5.41) is 0. The minimum absolute atomic E-state index is 0.0112. The Morgan fingerprint density at radius 1 is 0.696 bits per heavy atom. The minimum Gasteiger partial charge on any atom is -0.401 e. The maximum atomic E-state index is 13.2. The highest BCUT2D eigenvalue weighted by Crippen LogP contribution is 2.51. The maximum absolute atomic E-state index is 13.2. The zero-order valence-electron chi connectivity index (χ0n) is 27.6. The molecule has 1 amide bonds. The van der Waals surface area contributed by atoms with Crippen LogP contribution < -0.4 is 0 Å². The summed E-state index contributed by atoms with van der Waals surface area (Å²) in [4.78, 5) is 14.8. The summed E-state index contributed by atoms with van der Waals surface area (Å²) in [6, 6.07) is 40.5. The fourth-order valence-electron chi connectivity index (χ4n) is 6.77. The number of carbonyl (C=O) groups is 1. The molecule has 0 saturated carbocycles. The molecular weight excluding hydrogens is 573 g/mol. The number of allylic oxidation sites excluding steroid dienone is 2. The Kier molecular flexibility index (Phi) is 10.6. The van der Waals surface area contributed by atoms with Crippen LogP contribution in [0.3, 0.4) is 0 Å². The second kappa shape index (κ2) is 14.6. The smallest absolute Gasteiger partial charge is 0.401 e. The maximum Gasteiger partial charge on any atom is 0.465 e. The van der Waals surface area contributed by atoms with Crippen LogP contribution in [0.25, 0.3) is 0 Å². The highest BCUT2D eigenvalue weighted by Gasteiger charge is 2.62. The molecule has 1 heterocycles. The molecule has 1 saturated heterocycles. The molecule has 0 aliphatic carbocycles. The lowest BCUT2D eigenvalue weighted by molar-refractivity contribution is -0.136. The fourth-order valence-corrected chi connectivity index (χ4v) is 6.77. The van der Waals surface area contributed by atoms with Crippen LogP contribution >= 0.6 is 0 Å². The summed E-state index contributed by atoms with van der Waals surface area (Å²) < 4.78 is 27.8. The highest BCUT2D eigenvalue weighted by atomic mass is 16.7. The van der Waals surface area contributed by atoms with Crippen molar-refractivity contribution in [1.82, 2.24) is 4.90 Å². The van der Waals surface area contributed by atoms with E-state index in [1.54, 1.807) is 33.2 Å². The van der Waals surface area contributed by atoms with Gasteiger partial charge in [-0.05, 0) is 36.1 Å². The van der Waals surface area contributed by atoms with E-state index >= 15 is 0 Å². The first-order valence-corrected chi connectivity index (χ1v) is 15.8. The molecule has 6 nitrogen and oxygen atoms in total. The van der Waals surface area contributed by atoms with Crippen LogP contribution in [0.2, 0.25) is 5.82 Å². The van der Waals surface area contributed by atoms with E-state index in [-0.39, 0.29) is 18.1 Å². The minimum atomic E-state index is -1.11. The first-order chi connectivity index (χ1) is 22.3. The first-order valence-electron chi connectivity index (χ1n) is 15.8. The van der Waals surface area contributed by atoms with Gasteiger partial charge in [0.15, 0.2) is 0 Å². The third-order valence-electron chi connectivity index (χ3n) is 8.90. The summed E-state index contributed by atoms with van der Waals surface area (Å²) in [6.07, 6.45) is 0.838. The van der Waals surface area contributed by atoms with Gasteiger partial charge in [0, 0.05) is 40.6 Å². The van der Waals surface area contributed by atoms with Crippen LogP contribution in [0.5, 0.6) is 0 Å². The van der Waals surface area contributed by atoms with E-state index in [9.17, 15) is 4.79 Å². The average Bonchev–Trinajstić information content (AvgIpc) is 3.53. The molecule has 1 aliphatic heterocycles. The Morgan fingerprint density at radius 3 is 1.28 bits per heavy atom. The summed E-state index contributed by atoms with van der Waals surface area (Å²) in [5.41, 5.74) is 2.49. The zero-order valence-corrected chi connectivity index (χ0v) is 27.6. The second-order valence-corrected chi connectivity index (χ2v) is 12.2. The van der Waals surface area contributed by atoms with Crippen molar-refractivity contribution in [3.8, 4) is 0 Å². The van der Waals surface area contributed by atoms with E-state index in [0.717, 1.165) is 27.8 Å². The molecule has 0 bridgehead atoms. The molecule has 1 fully saturated rings. The summed E-state index contributed by atoms with van der Waals surface area (Å²) >= 11 is 0. The van der Waals surface area contributed by atoms with Crippen molar-refractivity contribution in [1.29, 1.82) is 0 Å². The molecule has 0 aromatic heterocycles. The van der Waals surface area contributed by atoms with Gasteiger partial charge in [-0.3, -0.25) is 4.79 Å². The molecule has 0 spiro atoms. The van der Waals surface area contributed by atoms with E-state index < -0.39 is 30.5 Å². The molecule has 4 aromatic rings. The standard InChI is InChI=1S/C39H44BNO5/c1-29(2)27-34(28-35(42)41(3)4)40-45-36(38(43-5,30-19-11-7-12-20-30)31-21-13-8-14-22-31)37(46-40)39(44-6,32-23-15-9-16-24-32)33-25-17-10-18-26-33/h7-27,34,36-37H,28H2,1-6H3/t34-,36+,37+/m0/s1. The van der Waals surface area contributed by atoms with Crippen LogP contribution in [-0.4, -0.2) is 58.4 Å². The largest absolute Gasteiger partial charge is 0.465 e. The molecule has 3 atom stereocenters. The first kappa shape index (κ1) is 33.4. The molecule has 238 valence electrons. The number of benzene rings is 4. The van der Waals surface area contributed by atoms with E-state index in [2.05, 4.69) is 54.6 Å². The summed E-state index contributed by atoms with van der Waals surface area (Å²) in [5.74, 6) is -0.377. The van der Waals surface area contributed by atoms with E-state index in [4.69, 9.17) is 18.8 Å². The number of ether oxygens (including phenoxy) is 2. The van der Waals surface area contributed by atoms with Gasteiger partial charge in [0.2, 0.25) is 5.91 Å². The Labute approximate surface area is 274 Å². The van der Waals surface area contributed by atoms with Gasteiger partial charge in [-0.25, -0.2) is 0 Å². The topological polar surface area (TPSA) is 57.2 Å². The highest BCUT2D eigenvalue weighted by molar-refractivity contribution is 6.48. The van der Waals surface area contributed by atoms with Gasteiger partial charge >= 0.3 is 7.12 Å². The van der Waals surface area contributed by atoms with Crippen molar-refractivity contribution in [3.05, 3.63) is 155 Å². The van der Waals surface area contributed by atoms with Crippen LogP contribution in [0, 0.1) is 0 Å². The van der Waals surface area contributed by atoms with Crippen LogP contribution in [-0.2, 0) is 34.8 Å². The van der Waals surface area contributed by atoms with Crippen molar-refractivity contribution in [2.45, 2.75) is 49.5 Å². The van der Waals surface area contributed by atoms with Crippen molar-refractivity contribution in [2.24, 2.45) is 0 Å². The van der Waals surface area contributed by atoms with Gasteiger partial charge < -0.3 is 23.7 Å². The van der Waals surface area contributed by atoms with E-state index in [0.29, 0.717) is 0 Å². The van der Waals surface area contributed by atoms with Crippen molar-refractivity contribution in [2.75, 3.05) is 28.3 Å². The predicted octanol–water partition coefficient (Wildman–Crippen LogP) is 7.25. The molecule has 0 unspecified atom stereocenters. The quantitative estimate of drug-likeness (QED) is 0.124. The number of hydrogen-bond donors (Lipinski definition) is 0. The van der Waals surface area contributed by atoms with Crippen molar-refractivity contribution in [3.63, 3.8) is 0 Å². The lowest BCUT2D eigenvalue weighted by Gasteiger charge is -2.47. The molecule has 7 heteroatoms.